The average molecular weight is 418 g/mol. The summed E-state index contributed by atoms with van der Waals surface area (Å²) in [4.78, 5) is 22.2. The third kappa shape index (κ3) is 4.03. The van der Waals surface area contributed by atoms with Crippen LogP contribution < -0.4 is 15.8 Å². The normalized spacial score (nSPS) is 11.4. The van der Waals surface area contributed by atoms with E-state index in [0.29, 0.717) is 41.1 Å². The summed E-state index contributed by atoms with van der Waals surface area (Å²) in [7, 11) is 3.17. The Bertz CT molecular complexity index is 1280. The molecule has 0 fully saturated rings. The van der Waals surface area contributed by atoms with E-state index in [-0.39, 0.29) is 17.3 Å². The summed E-state index contributed by atoms with van der Waals surface area (Å²) in [6.45, 7) is 0.725. The largest absolute Gasteiger partial charge is 0.497 e. The first kappa shape index (κ1) is 20.3. The third-order valence-electron chi connectivity index (χ3n) is 4.71. The Morgan fingerprint density at radius 2 is 1.94 bits per heavy atom. The third-order valence-corrected chi connectivity index (χ3v) is 4.71. The lowest BCUT2D eigenvalue weighted by Crippen LogP contribution is -2.27. The van der Waals surface area contributed by atoms with Crippen molar-refractivity contribution in [3.63, 3.8) is 0 Å². The minimum atomic E-state index is -0.362. The highest BCUT2D eigenvalue weighted by atomic mass is 16.5. The van der Waals surface area contributed by atoms with Gasteiger partial charge in [-0.15, -0.1) is 0 Å². The number of nitrogens with two attached hydrogens (primary N) is 1. The summed E-state index contributed by atoms with van der Waals surface area (Å²) in [5, 5.41) is 7.28. The second-order valence-electron chi connectivity index (χ2n) is 6.73. The van der Waals surface area contributed by atoms with Crippen molar-refractivity contribution in [1.29, 1.82) is 0 Å². The van der Waals surface area contributed by atoms with Gasteiger partial charge in [-0.05, 0) is 29.8 Å². The lowest BCUT2D eigenvalue weighted by Gasteiger charge is -2.04. The summed E-state index contributed by atoms with van der Waals surface area (Å²) < 4.78 is 11.7. The van der Waals surface area contributed by atoms with Gasteiger partial charge in [0.1, 0.15) is 22.6 Å². The molecule has 0 saturated heterocycles. The van der Waals surface area contributed by atoms with Gasteiger partial charge in [0.25, 0.3) is 5.91 Å². The molecule has 0 radical (unpaired) electrons. The molecule has 0 unspecified atom stereocenters. The molecule has 2 aromatic heterocycles. The fourth-order valence-electron chi connectivity index (χ4n) is 3.19. The van der Waals surface area contributed by atoms with Crippen LogP contribution in [0.25, 0.3) is 22.2 Å². The minimum Gasteiger partial charge on any atom is -0.497 e. The number of ether oxygens (including phenoxy) is 2. The molecule has 9 nitrogen and oxygen atoms in total. The number of nitrogens with one attached hydrogen (secondary N) is 1. The topological polar surface area (TPSA) is 117 Å². The Labute approximate surface area is 178 Å². The number of carbonyl (C=O) groups is 1. The van der Waals surface area contributed by atoms with Crippen molar-refractivity contribution in [2.75, 3.05) is 33.1 Å². The maximum Gasteiger partial charge on any atom is 0.257 e. The van der Waals surface area contributed by atoms with Crippen LogP contribution >= 0.6 is 0 Å². The first-order chi connectivity index (χ1) is 15.1. The van der Waals surface area contributed by atoms with Crippen LogP contribution in [-0.2, 0) is 4.74 Å². The number of carbonyl (C=O) groups excluding carboxylic acids is 1. The predicted octanol–water partition coefficient (Wildman–Crippen LogP) is 2.43. The molecule has 2 aromatic carbocycles. The van der Waals surface area contributed by atoms with E-state index in [1.807, 2.05) is 48.5 Å². The summed E-state index contributed by atoms with van der Waals surface area (Å²) >= 11 is 0. The zero-order valence-electron chi connectivity index (χ0n) is 17.2. The van der Waals surface area contributed by atoms with Crippen molar-refractivity contribution >= 4 is 40.1 Å². The van der Waals surface area contributed by atoms with E-state index in [9.17, 15) is 4.79 Å². The number of methoxy groups -OCH3 is 2. The molecule has 31 heavy (non-hydrogen) atoms. The standard InChI is InChI=1S/C22H22N6O3/c1-30-11-10-24-22(29)18-19-21(27-17-9-4-3-8-16(17)26-19)28(20(18)23)25-13-14-6-5-7-15(12-14)31-2/h3-9,12-13H,10-11,23H2,1-2H3,(H,24,29). The van der Waals surface area contributed by atoms with Crippen molar-refractivity contribution in [3.8, 4) is 5.75 Å². The van der Waals surface area contributed by atoms with Crippen molar-refractivity contribution in [2.45, 2.75) is 0 Å². The summed E-state index contributed by atoms with van der Waals surface area (Å²) in [6.07, 6.45) is 1.63. The zero-order chi connectivity index (χ0) is 21.8. The number of anilines is 1. The van der Waals surface area contributed by atoms with Gasteiger partial charge >= 0.3 is 0 Å². The van der Waals surface area contributed by atoms with E-state index in [1.165, 1.54) is 4.68 Å². The first-order valence-corrected chi connectivity index (χ1v) is 9.64. The summed E-state index contributed by atoms with van der Waals surface area (Å²) in [5.74, 6) is 0.497. The number of para-hydroxylation sites is 2. The molecule has 0 spiro atoms. The molecule has 0 atom stereocenters. The Morgan fingerprint density at radius 3 is 2.68 bits per heavy atom. The highest BCUT2D eigenvalue weighted by Gasteiger charge is 2.23. The molecule has 9 heteroatoms. The molecular weight excluding hydrogens is 396 g/mol. The highest BCUT2D eigenvalue weighted by Crippen LogP contribution is 2.27. The fourth-order valence-corrected chi connectivity index (χ4v) is 3.19. The van der Waals surface area contributed by atoms with Gasteiger partial charge in [-0.3, -0.25) is 4.79 Å². The van der Waals surface area contributed by atoms with E-state index in [2.05, 4.69) is 20.4 Å². The summed E-state index contributed by atoms with van der Waals surface area (Å²) in [6, 6.07) is 14.8. The predicted molar refractivity (Wildman–Crippen MR) is 120 cm³/mol. The van der Waals surface area contributed by atoms with Crippen LogP contribution in [0.3, 0.4) is 0 Å². The maximum atomic E-state index is 12.9. The van der Waals surface area contributed by atoms with Crippen LogP contribution in [0.4, 0.5) is 5.82 Å². The van der Waals surface area contributed by atoms with Crippen LogP contribution in [0.15, 0.2) is 53.6 Å². The Hall–Kier alpha value is -3.98. The Balaban J connectivity index is 1.85. The van der Waals surface area contributed by atoms with E-state index in [4.69, 9.17) is 15.2 Å². The minimum absolute atomic E-state index is 0.152. The zero-order valence-corrected chi connectivity index (χ0v) is 17.2. The molecular formula is C22H22N6O3. The molecule has 4 aromatic rings. The van der Waals surface area contributed by atoms with Gasteiger partial charge < -0.3 is 20.5 Å². The van der Waals surface area contributed by atoms with E-state index < -0.39 is 0 Å². The van der Waals surface area contributed by atoms with Gasteiger partial charge in [0.15, 0.2) is 5.65 Å². The molecule has 0 aliphatic carbocycles. The number of rotatable bonds is 7. The number of hydrogen-bond acceptors (Lipinski definition) is 7. The van der Waals surface area contributed by atoms with Crippen molar-refractivity contribution < 1.29 is 14.3 Å². The lowest BCUT2D eigenvalue weighted by molar-refractivity contribution is 0.0939. The van der Waals surface area contributed by atoms with E-state index in [0.717, 1.165) is 5.56 Å². The fraction of sp³-hybridized carbons (Fsp3) is 0.182. The Kier molecular flexibility index (Phi) is 5.76. The molecule has 0 saturated carbocycles. The maximum absolute atomic E-state index is 12.9. The van der Waals surface area contributed by atoms with Crippen molar-refractivity contribution in [2.24, 2.45) is 5.10 Å². The van der Waals surface area contributed by atoms with E-state index >= 15 is 0 Å². The lowest BCUT2D eigenvalue weighted by atomic mass is 10.2. The number of amides is 1. The number of nitrogen functional groups attached to an aromatic ring is 1. The Morgan fingerprint density at radius 1 is 1.16 bits per heavy atom. The molecule has 0 aliphatic heterocycles. The van der Waals surface area contributed by atoms with Crippen LogP contribution in [0.1, 0.15) is 15.9 Å². The quantitative estimate of drug-likeness (QED) is 0.352. The second-order valence-corrected chi connectivity index (χ2v) is 6.73. The van der Waals surface area contributed by atoms with Crippen LogP contribution in [0.2, 0.25) is 0 Å². The molecule has 1 amide bonds. The van der Waals surface area contributed by atoms with E-state index in [1.54, 1.807) is 20.4 Å². The molecule has 0 aliphatic rings. The molecule has 2 heterocycles. The molecule has 4 rings (SSSR count). The number of aromatic nitrogens is 3. The number of fused-ring (bicyclic) bond motifs is 2. The van der Waals surface area contributed by atoms with Gasteiger partial charge in [0.05, 0.1) is 31.0 Å². The number of hydrogen-bond donors (Lipinski definition) is 2. The summed E-state index contributed by atoms with van der Waals surface area (Å²) in [5.41, 5.74) is 9.51. The van der Waals surface area contributed by atoms with Gasteiger partial charge in [0, 0.05) is 13.7 Å². The molecule has 158 valence electrons. The van der Waals surface area contributed by atoms with Crippen LogP contribution in [0, 0.1) is 0 Å². The first-order valence-electron chi connectivity index (χ1n) is 9.64. The average Bonchev–Trinajstić information content (AvgIpc) is 3.06. The van der Waals surface area contributed by atoms with Gasteiger partial charge in [-0.25, -0.2) is 9.97 Å². The number of nitrogens with zero attached hydrogens (tertiary/aromatic N) is 4. The smallest absolute Gasteiger partial charge is 0.257 e. The van der Waals surface area contributed by atoms with Gasteiger partial charge in [0.2, 0.25) is 0 Å². The highest BCUT2D eigenvalue weighted by molar-refractivity contribution is 6.10. The van der Waals surface area contributed by atoms with Gasteiger partial charge in [-0.2, -0.15) is 9.78 Å². The van der Waals surface area contributed by atoms with Crippen LogP contribution in [-0.4, -0.2) is 54.1 Å². The van der Waals surface area contributed by atoms with Crippen LogP contribution in [0.5, 0.6) is 5.75 Å². The molecule has 0 bridgehead atoms. The SMILES string of the molecule is COCCNC(=O)c1c(N)n(N=Cc2cccc(OC)c2)c2nc3ccccc3nc12. The van der Waals surface area contributed by atoms with Crippen molar-refractivity contribution in [3.05, 3.63) is 59.7 Å². The van der Waals surface area contributed by atoms with Gasteiger partial charge in [-0.1, -0.05) is 24.3 Å². The second kappa shape index (κ2) is 8.80. The number of benzene rings is 2. The monoisotopic (exact) mass is 418 g/mol. The molecule has 3 N–H and O–H groups in total. The van der Waals surface area contributed by atoms with Crippen molar-refractivity contribution in [1.82, 2.24) is 20.0 Å².